The number of rotatable bonds is 2. The first-order valence-corrected chi connectivity index (χ1v) is 8.28. The van der Waals surface area contributed by atoms with Gasteiger partial charge in [-0.1, -0.05) is 11.5 Å². The van der Waals surface area contributed by atoms with Gasteiger partial charge in [0.05, 0.1) is 23.1 Å². The molecule has 2 heterocycles. The molecule has 0 aliphatic rings. The minimum absolute atomic E-state index is 0.217. The van der Waals surface area contributed by atoms with E-state index in [0.29, 0.717) is 17.3 Å². The lowest BCUT2D eigenvalue weighted by molar-refractivity contribution is -0.137. The highest BCUT2D eigenvalue weighted by molar-refractivity contribution is 7.07. The van der Waals surface area contributed by atoms with E-state index >= 15 is 0 Å². The van der Waals surface area contributed by atoms with Gasteiger partial charge in [-0.2, -0.15) is 13.2 Å². The third-order valence-electron chi connectivity index (χ3n) is 3.33. The fourth-order valence-corrected chi connectivity index (χ4v) is 2.94. The average Bonchev–Trinajstić information content (AvgIpc) is 2.93. The summed E-state index contributed by atoms with van der Waals surface area (Å²) in [5.41, 5.74) is 0.465. The molecule has 0 bridgehead atoms. The number of aromatic nitrogens is 2. The molecule has 26 heavy (non-hydrogen) atoms. The van der Waals surface area contributed by atoms with E-state index in [-0.39, 0.29) is 5.49 Å². The normalized spacial score (nSPS) is 12.2. The van der Waals surface area contributed by atoms with Gasteiger partial charge in [-0.15, -0.1) is 0 Å². The van der Waals surface area contributed by atoms with Crippen molar-refractivity contribution in [3.63, 3.8) is 0 Å². The highest BCUT2D eigenvalue weighted by Gasteiger charge is 2.29. The fraction of sp³-hybridized carbons (Fsp3) is 0.118. The van der Waals surface area contributed by atoms with Gasteiger partial charge in [0, 0.05) is 11.1 Å². The Bertz CT molecular complexity index is 972. The lowest BCUT2D eigenvalue weighted by Gasteiger charge is -2.11. The number of benzene rings is 1. The lowest BCUT2D eigenvalue weighted by Crippen LogP contribution is -2.28. The van der Waals surface area contributed by atoms with Gasteiger partial charge >= 0.3 is 6.18 Å². The fourth-order valence-electron chi connectivity index (χ4n) is 2.17. The molecule has 0 aliphatic carbocycles. The number of nitrogens with one attached hydrogen (secondary N) is 2. The molecule has 3 rings (SSSR count). The molecule has 1 aromatic carbocycles. The monoisotopic (exact) mass is 377 g/mol. The molecule has 5 nitrogen and oxygen atoms in total. The highest BCUT2D eigenvalue weighted by atomic mass is 32.1. The highest BCUT2D eigenvalue weighted by Crippen LogP contribution is 2.30. The van der Waals surface area contributed by atoms with Crippen LogP contribution in [0.4, 0.5) is 24.5 Å². The van der Waals surface area contributed by atoms with Crippen molar-refractivity contribution in [3.8, 4) is 0 Å². The Kier molecular flexibility index (Phi) is 4.90. The van der Waals surface area contributed by atoms with E-state index in [1.54, 1.807) is 34.5 Å². The summed E-state index contributed by atoms with van der Waals surface area (Å²) in [4.78, 5) is 9.30. The second-order valence-electron chi connectivity index (χ2n) is 5.37. The van der Waals surface area contributed by atoms with Gasteiger partial charge in [-0.3, -0.25) is 10.4 Å². The largest absolute Gasteiger partial charge is 0.416 e. The summed E-state index contributed by atoms with van der Waals surface area (Å²) in [6.07, 6.45) is -1.18. The number of halogens is 3. The Morgan fingerprint density at radius 3 is 2.50 bits per heavy atom. The van der Waals surface area contributed by atoms with Crippen LogP contribution < -0.4 is 10.8 Å². The van der Waals surface area contributed by atoms with Crippen molar-refractivity contribution >= 4 is 28.9 Å². The maximum Gasteiger partial charge on any atom is 0.416 e. The lowest BCUT2D eigenvalue weighted by atomic mass is 10.2. The van der Waals surface area contributed by atoms with Crippen molar-refractivity contribution in [2.75, 3.05) is 5.32 Å². The number of aliphatic imine (C=N–C) groups is 1. The quantitative estimate of drug-likeness (QED) is 0.514. The zero-order chi connectivity index (χ0) is 18.7. The minimum Gasteiger partial charge on any atom is -0.323 e. The molecule has 0 aliphatic heterocycles. The SMILES string of the molecule is Cc1cc(=N)n(C(=Nc2ccc(C(F)(F)F)cc2)Nc2cccnc2)s1. The maximum atomic E-state index is 12.7. The first-order chi connectivity index (χ1) is 12.3. The van der Waals surface area contributed by atoms with Crippen LogP contribution in [0.2, 0.25) is 0 Å². The molecule has 0 radical (unpaired) electrons. The molecule has 0 saturated heterocycles. The minimum atomic E-state index is -4.40. The van der Waals surface area contributed by atoms with E-state index in [1.165, 1.54) is 23.7 Å². The van der Waals surface area contributed by atoms with E-state index in [0.717, 1.165) is 17.0 Å². The van der Waals surface area contributed by atoms with Crippen LogP contribution in [0.15, 0.2) is 59.9 Å². The van der Waals surface area contributed by atoms with Crippen LogP contribution in [-0.2, 0) is 6.18 Å². The van der Waals surface area contributed by atoms with Crippen molar-refractivity contribution in [2.45, 2.75) is 13.1 Å². The van der Waals surface area contributed by atoms with E-state index in [4.69, 9.17) is 5.41 Å². The van der Waals surface area contributed by atoms with Gasteiger partial charge in [-0.05, 0) is 49.4 Å². The predicted octanol–water partition coefficient (Wildman–Crippen LogP) is 4.40. The van der Waals surface area contributed by atoms with E-state index in [9.17, 15) is 13.2 Å². The smallest absolute Gasteiger partial charge is 0.323 e. The average molecular weight is 377 g/mol. The summed E-state index contributed by atoms with van der Waals surface area (Å²) in [5, 5.41) is 11.1. The maximum absolute atomic E-state index is 12.7. The number of nitrogens with zero attached hydrogens (tertiary/aromatic N) is 3. The zero-order valence-electron chi connectivity index (χ0n) is 13.6. The molecule has 0 saturated carbocycles. The summed E-state index contributed by atoms with van der Waals surface area (Å²) in [6.45, 7) is 1.86. The van der Waals surface area contributed by atoms with Crippen LogP contribution in [-0.4, -0.2) is 14.9 Å². The molecule has 3 aromatic rings. The van der Waals surface area contributed by atoms with E-state index in [1.807, 2.05) is 6.92 Å². The topological polar surface area (TPSA) is 66.1 Å². The van der Waals surface area contributed by atoms with Gasteiger partial charge in [0.25, 0.3) is 0 Å². The molecule has 0 fully saturated rings. The number of alkyl halides is 3. The summed E-state index contributed by atoms with van der Waals surface area (Å²) >= 11 is 1.30. The third kappa shape index (κ3) is 4.17. The number of pyridine rings is 1. The van der Waals surface area contributed by atoms with Crippen LogP contribution >= 0.6 is 11.5 Å². The molecule has 2 aromatic heterocycles. The number of hydrogen-bond donors (Lipinski definition) is 2. The van der Waals surface area contributed by atoms with Gasteiger partial charge in [0.2, 0.25) is 5.96 Å². The first kappa shape index (κ1) is 17.9. The summed E-state index contributed by atoms with van der Waals surface area (Å²) < 4.78 is 39.7. The van der Waals surface area contributed by atoms with Crippen LogP contribution in [0, 0.1) is 12.3 Å². The molecule has 134 valence electrons. The van der Waals surface area contributed by atoms with Gasteiger partial charge < -0.3 is 5.32 Å². The summed E-state index contributed by atoms with van der Waals surface area (Å²) in [6, 6.07) is 9.73. The third-order valence-corrected chi connectivity index (χ3v) is 4.29. The Balaban J connectivity index is 2.01. The first-order valence-electron chi connectivity index (χ1n) is 7.51. The number of anilines is 1. The molecule has 0 amide bonds. The van der Waals surface area contributed by atoms with Crippen molar-refractivity contribution in [1.29, 1.82) is 5.41 Å². The van der Waals surface area contributed by atoms with Crippen molar-refractivity contribution in [2.24, 2.45) is 4.99 Å². The predicted molar refractivity (Wildman–Crippen MR) is 94.7 cm³/mol. The van der Waals surface area contributed by atoms with Crippen LogP contribution in [0.25, 0.3) is 0 Å². The number of aryl methyl sites for hydroxylation is 1. The molecule has 0 spiro atoms. The van der Waals surface area contributed by atoms with Crippen molar-refractivity contribution < 1.29 is 13.2 Å². The van der Waals surface area contributed by atoms with E-state index in [2.05, 4.69) is 15.3 Å². The van der Waals surface area contributed by atoms with Crippen LogP contribution in [0.3, 0.4) is 0 Å². The van der Waals surface area contributed by atoms with Gasteiger partial charge in [-0.25, -0.2) is 8.95 Å². The Morgan fingerprint density at radius 2 is 1.96 bits per heavy atom. The van der Waals surface area contributed by atoms with E-state index < -0.39 is 11.7 Å². The molecule has 9 heteroatoms. The molecular weight excluding hydrogens is 363 g/mol. The second-order valence-corrected chi connectivity index (χ2v) is 6.56. The number of hydrogen-bond acceptors (Lipinski definition) is 4. The molecule has 0 atom stereocenters. The Labute approximate surface area is 151 Å². The van der Waals surface area contributed by atoms with Gasteiger partial charge in [0.1, 0.15) is 5.49 Å². The second kappa shape index (κ2) is 7.12. The van der Waals surface area contributed by atoms with Gasteiger partial charge in [0.15, 0.2) is 0 Å². The van der Waals surface area contributed by atoms with Crippen molar-refractivity contribution in [3.05, 3.63) is 70.8 Å². The van der Waals surface area contributed by atoms with Crippen molar-refractivity contribution in [1.82, 2.24) is 8.94 Å². The molecular formula is C17H14F3N5S. The Morgan fingerprint density at radius 1 is 1.23 bits per heavy atom. The van der Waals surface area contributed by atoms with Crippen LogP contribution in [0.5, 0.6) is 0 Å². The molecule has 0 unspecified atom stereocenters. The summed E-state index contributed by atoms with van der Waals surface area (Å²) in [5.74, 6) is 0.306. The van der Waals surface area contributed by atoms with Crippen LogP contribution in [0.1, 0.15) is 10.4 Å². The molecule has 2 N–H and O–H groups in total. The zero-order valence-corrected chi connectivity index (χ0v) is 14.4. The summed E-state index contributed by atoms with van der Waals surface area (Å²) in [7, 11) is 0. The standard InChI is InChI=1S/C17H14F3N5S/c1-11-9-15(21)25(26-11)16(24-14-3-2-8-22-10-14)23-13-6-4-12(5-7-13)17(18,19)20/h2-10,21H,1H3,(H,23,24). The Hall–Kier alpha value is -2.94.